The zero-order valence-corrected chi connectivity index (χ0v) is 10.9. The first kappa shape index (κ1) is 11.9. The quantitative estimate of drug-likeness (QED) is 0.922. The molecule has 1 N–H and O–H groups in total. The summed E-state index contributed by atoms with van der Waals surface area (Å²) in [6.07, 6.45) is 3.51. The Morgan fingerprint density at radius 2 is 2.28 bits per heavy atom. The average Bonchev–Trinajstić information content (AvgIpc) is 2.84. The molecule has 0 amide bonds. The monoisotopic (exact) mass is 264 g/mol. The molecule has 1 aliphatic heterocycles. The van der Waals surface area contributed by atoms with E-state index in [1.54, 1.807) is 0 Å². The predicted octanol–water partition coefficient (Wildman–Crippen LogP) is 2.08. The molecule has 5 heteroatoms. The molecule has 1 aromatic carbocycles. The van der Waals surface area contributed by atoms with E-state index in [9.17, 15) is 4.21 Å². The van der Waals surface area contributed by atoms with Gasteiger partial charge >= 0.3 is 0 Å². The lowest BCUT2D eigenvalue weighted by Gasteiger charge is -2.22. The van der Waals surface area contributed by atoms with Crippen LogP contribution >= 0.6 is 0 Å². The summed E-state index contributed by atoms with van der Waals surface area (Å²) in [4.78, 5) is 4.28. The Kier molecular flexibility index (Phi) is 3.43. The molecular formula is C13H16N2O2S. The van der Waals surface area contributed by atoms with E-state index in [0.717, 1.165) is 18.5 Å². The number of oxazole rings is 1. The second-order valence-corrected chi connectivity index (χ2v) is 5.98. The highest BCUT2D eigenvalue weighted by Gasteiger charge is 2.19. The summed E-state index contributed by atoms with van der Waals surface area (Å²) in [5.74, 6) is 0.590. The van der Waals surface area contributed by atoms with Crippen LogP contribution in [-0.4, -0.2) is 27.5 Å². The lowest BCUT2D eigenvalue weighted by molar-refractivity contribution is 0.423. The highest BCUT2D eigenvalue weighted by atomic mass is 32.2. The Bertz CT molecular complexity index is 528. The summed E-state index contributed by atoms with van der Waals surface area (Å²) in [5.41, 5.74) is 1.48. The lowest BCUT2D eigenvalue weighted by Crippen LogP contribution is -2.38. The van der Waals surface area contributed by atoms with Gasteiger partial charge in [-0.25, -0.2) is 9.19 Å². The molecule has 1 saturated heterocycles. The summed E-state index contributed by atoms with van der Waals surface area (Å²) < 4.78 is 17.7. The fourth-order valence-corrected chi connectivity index (χ4v) is 3.44. The van der Waals surface area contributed by atoms with Crippen LogP contribution in [0.1, 0.15) is 19.3 Å². The molecule has 0 bridgehead atoms. The largest absolute Gasteiger partial charge is 0.430 e. The van der Waals surface area contributed by atoms with Gasteiger partial charge in [-0.15, -0.1) is 0 Å². The summed E-state index contributed by atoms with van der Waals surface area (Å²) in [6.45, 7) is 1.02. The Morgan fingerprint density at radius 3 is 3.06 bits per heavy atom. The van der Waals surface area contributed by atoms with Gasteiger partial charge in [-0.3, -0.25) is 0 Å². The van der Waals surface area contributed by atoms with Crippen molar-refractivity contribution < 1.29 is 8.63 Å². The maximum absolute atomic E-state index is 12.2. The van der Waals surface area contributed by atoms with Crippen molar-refractivity contribution in [2.45, 2.75) is 30.5 Å². The van der Waals surface area contributed by atoms with Gasteiger partial charge in [0, 0.05) is 11.8 Å². The number of hydrogen-bond acceptors (Lipinski definition) is 4. The highest BCUT2D eigenvalue weighted by Crippen LogP contribution is 2.18. The van der Waals surface area contributed by atoms with Crippen LogP contribution in [0.25, 0.3) is 11.1 Å². The molecule has 2 heterocycles. The van der Waals surface area contributed by atoms with Gasteiger partial charge in [-0.05, 0) is 31.5 Å². The number of piperidine rings is 1. The molecule has 96 valence electrons. The summed E-state index contributed by atoms with van der Waals surface area (Å²) in [7, 11) is -1.15. The topological polar surface area (TPSA) is 55.1 Å². The van der Waals surface area contributed by atoms with Crippen LogP contribution in [0.3, 0.4) is 0 Å². The number of para-hydroxylation sites is 2. The summed E-state index contributed by atoms with van der Waals surface area (Å²) in [6, 6.07) is 7.85. The maximum Gasteiger partial charge on any atom is 0.287 e. The predicted molar refractivity (Wildman–Crippen MR) is 70.9 cm³/mol. The third-order valence-electron chi connectivity index (χ3n) is 3.23. The number of hydrogen-bond donors (Lipinski definition) is 1. The molecule has 1 fully saturated rings. The first-order chi connectivity index (χ1) is 8.83. The van der Waals surface area contributed by atoms with Crippen molar-refractivity contribution in [3.8, 4) is 0 Å². The molecule has 0 aliphatic carbocycles. The van der Waals surface area contributed by atoms with Gasteiger partial charge in [0.1, 0.15) is 16.3 Å². The molecule has 0 unspecified atom stereocenters. The number of nitrogens with one attached hydrogen (secondary N) is 1. The minimum atomic E-state index is -1.15. The van der Waals surface area contributed by atoms with Gasteiger partial charge in [-0.1, -0.05) is 18.6 Å². The van der Waals surface area contributed by atoms with E-state index < -0.39 is 10.8 Å². The van der Waals surface area contributed by atoms with Gasteiger partial charge in [0.2, 0.25) is 0 Å². The third kappa shape index (κ3) is 2.47. The van der Waals surface area contributed by atoms with E-state index in [1.807, 2.05) is 24.3 Å². The minimum absolute atomic E-state index is 0.328. The number of rotatable bonds is 3. The zero-order valence-electron chi connectivity index (χ0n) is 10.1. The van der Waals surface area contributed by atoms with Crippen LogP contribution in [-0.2, 0) is 10.8 Å². The van der Waals surface area contributed by atoms with Gasteiger partial charge in [0.15, 0.2) is 5.58 Å². The van der Waals surface area contributed by atoms with Gasteiger partial charge in [0.05, 0.1) is 0 Å². The molecule has 0 saturated carbocycles. The SMILES string of the molecule is O=[S@@](C[C@H]1CCCCN1)c1nc2ccccc2o1. The Morgan fingerprint density at radius 1 is 1.39 bits per heavy atom. The Balaban J connectivity index is 1.74. The van der Waals surface area contributed by atoms with E-state index in [2.05, 4.69) is 10.3 Å². The number of aromatic nitrogens is 1. The normalized spacial score (nSPS) is 22.1. The second-order valence-electron chi connectivity index (χ2n) is 4.61. The van der Waals surface area contributed by atoms with E-state index in [1.165, 1.54) is 12.8 Å². The fourth-order valence-electron chi connectivity index (χ4n) is 2.27. The number of benzene rings is 1. The van der Waals surface area contributed by atoms with Crippen molar-refractivity contribution in [3.05, 3.63) is 24.3 Å². The van der Waals surface area contributed by atoms with Gasteiger partial charge < -0.3 is 9.73 Å². The first-order valence-electron chi connectivity index (χ1n) is 6.30. The van der Waals surface area contributed by atoms with E-state index in [4.69, 9.17) is 4.42 Å². The summed E-state index contributed by atoms with van der Waals surface area (Å²) >= 11 is 0. The first-order valence-corrected chi connectivity index (χ1v) is 7.62. The van der Waals surface area contributed by atoms with Crippen molar-refractivity contribution in [3.63, 3.8) is 0 Å². The van der Waals surface area contributed by atoms with E-state index in [-0.39, 0.29) is 0 Å². The minimum Gasteiger partial charge on any atom is -0.430 e. The zero-order chi connectivity index (χ0) is 12.4. The van der Waals surface area contributed by atoms with Crippen LogP contribution in [0.15, 0.2) is 33.9 Å². The van der Waals surface area contributed by atoms with Crippen molar-refractivity contribution in [2.24, 2.45) is 0 Å². The Hall–Kier alpha value is -1.20. The van der Waals surface area contributed by atoms with Crippen LogP contribution < -0.4 is 5.32 Å². The molecular weight excluding hydrogens is 248 g/mol. The fraction of sp³-hybridized carbons (Fsp3) is 0.462. The van der Waals surface area contributed by atoms with Crippen LogP contribution in [0.4, 0.5) is 0 Å². The highest BCUT2D eigenvalue weighted by molar-refractivity contribution is 7.84. The second kappa shape index (κ2) is 5.20. The summed E-state index contributed by atoms with van der Waals surface area (Å²) in [5, 5.41) is 3.74. The van der Waals surface area contributed by atoms with Gasteiger partial charge in [0.25, 0.3) is 5.22 Å². The smallest absolute Gasteiger partial charge is 0.287 e. The van der Waals surface area contributed by atoms with E-state index in [0.29, 0.717) is 22.6 Å². The molecule has 2 atom stereocenters. The molecule has 1 aromatic heterocycles. The van der Waals surface area contributed by atoms with Crippen molar-refractivity contribution >= 4 is 21.9 Å². The van der Waals surface area contributed by atoms with Crippen LogP contribution in [0.5, 0.6) is 0 Å². The Labute approximate surface area is 108 Å². The third-order valence-corrected chi connectivity index (χ3v) is 4.50. The molecule has 2 aromatic rings. The molecule has 3 rings (SSSR count). The average molecular weight is 264 g/mol. The van der Waals surface area contributed by atoms with Crippen LogP contribution in [0, 0.1) is 0 Å². The maximum atomic E-state index is 12.2. The molecule has 1 aliphatic rings. The lowest BCUT2D eigenvalue weighted by atomic mass is 10.1. The molecule has 4 nitrogen and oxygen atoms in total. The molecule has 0 spiro atoms. The standard InChI is InChI=1S/C13H16N2O2S/c16-18(9-10-5-3-4-8-14-10)13-15-11-6-1-2-7-12(11)17-13/h1-2,6-7,10,14H,3-5,8-9H2/t10-,18+/m1/s1. The van der Waals surface area contributed by atoms with Crippen molar-refractivity contribution in [1.82, 2.24) is 10.3 Å². The number of fused-ring (bicyclic) bond motifs is 1. The molecule has 18 heavy (non-hydrogen) atoms. The van der Waals surface area contributed by atoms with Crippen molar-refractivity contribution in [2.75, 3.05) is 12.3 Å². The molecule has 0 radical (unpaired) electrons. The van der Waals surface area contributed by atoms with Gasteiger partial charge in [-0.2, -0.15) is 0 Å². The number of nitrogens with zero attached hydrogens (tertiary/aromatic N) is 1. The van der Waals surface area contributed by atoms with E-state index >= 15 is 0 Å². The van der Waals surface area contributed by atoms with Crippen LogP contribution in [0.2, 0.25) is 0 Å². The van der Waals surface area contributed by atoms with Crippen molar-refractivity contribution in [1.29, 1.82) is 0 Å².